The highest BCUT2D eigenvalue weighted by Gasteiger charge is 2.29. The molecule has 0 unspecified atom stereocenters. The van der Waals surface area contributed by atoms with E-state index < -0.39 is 18.8 Å². The van der Waals surface area contributed by atoms with E-state index in [2.05, 4.69) is 10.1 Å². The molecular weight excluding hydrogens is 379 g/mol. The van der Waals surface area contributed by atoms with Gasteiger partial charge < -0.3 is 24.3 Å². The predicted molar refractivity (Wildman–Crippen MR) is 93.2 cm³/mol. The summed E-state index contributed by atoms with van der Waals surface area (Å²) in [6, 6.07) is 8.54. The number of urea groups is 1. The van der Waals surface area contributed by atoms with Crippen molar-refractivity contribution in [1.82, 2.24) is 9.80 Å². The Morgan fingerprint density at radius 2 is 1.79 bits per heavy atom. The van der Waals surface area contributed by atoms with Gasteiger partial charge in [0, 0.05) is 37.9 Å². The molecule has 1 aromatic heterocycles. The second-order valence-corrected chi connectivity index (χ2v) is 6.12. The number of hydrogen-bond donors (Lipinski definition) is 1. The van der Waals surface area contributed by atoms with Crippen molar-refractivity contribution in [2.75, 3.05) is 38.1 Å². The Morgan fingerprint density at radius 3 is 2.43 bits per heavy atom. The Morgan fingerprint density at radius 1 is 1.07 bits per heavy atom. The van der Waals surface area contributed by atoms with Crippen LogP contribution in [-0.4, -0.2) is 60.7 Å². The third kappa shape index (κ3) is 5.18. The molecule has 1 aliphatic heterocycles. The van der Waals surface area contributed by atoms with Crippen LogP contribution in [0.25, 0.3) is 0 Å². The zero-order valence-corrected chi connectivity index (χ0v) is 14.7. The summed E-state index contributed by atoms with van der Waals surface area (Å²) >= 11 is 0. The minimum Gasteiger partial charge on any atom is -0.484 e. The van der Waals surface area contributed by atoms with Crippen LogP contribution in [0.1, 0.15) is 10.6 Å². The van der Waals surface area contributed by atoms with Crippen molar-refractivity contribution in [1.29, 1.82) is 0 Å². The van der Waals surface area contributed by atoms with E-state index >= 15 is 0 Å². The fraction of sp³-hybridized carbons (Fsp3) is 0.333. The average molecular weight is 397 g/mol. The second-order valence-electron chi connectivity index (χ2n) is 6.12. The molecule has 0 aliphatic carbocycles. The molecule has 28 heavy (non-hydrogen) atoms. The highest BCUT2D eigenvalue weighted by atomic mass is 19.4. The zero-order valence-electron chi connectivity index (χ0n) is 14.7. The van der Waals surface area contributed by atoms with Crippen LogP contribution < -0.4 is 10.1 Å². The zero-order chi connectivity index (χ0) is 20.1. The summed E-state index contributed by atoms with van der Waals surface area (Å²) in [4.78, 5) is 27.7. The fourth-order valence-electron chi connectivity index (χ4n) is 2.70. The molecule has 0 spiro atoms. The number of anilines is 1. The van der Waals surface area contributed by atoms with Gasteiger partial charge in [-0.2, -0.15) is 13.2 Å². The van der Waals surface area contributed by atoms with Gasteiger partial charge in [0.2, 0.25) is 0 Å². The number of nitrogens with one attached hydrogen (secondary N) is 1. The quantitative estimate of drug-likeness (QED) is 0.860. The molecule has 0 atom stereocenters. The Kier molecular flexibility index (Phi) is 5.76. The van der Waals surface area contributed by atoms with E-state index in [0.717, 1.165) is 0 Å². The molecule has 2 aromatic rings. The maximum absolute atomic E-state index is 12.4. The third-order valence-electron chi connectivity index (χ3n) is 4.07. The van der Waals surface area contributed by atoms with Gasteiger partial charge in [0.15, 0.2) is 12.4 Å². The molecule has 7 nitrogen and oxygen atoms in total. The van der Waals surface area contributed by atoms with Crippen LogP contribution in [0.2, 0.25) is 0 Å². The molecule has 150 valence electrons. The number of halogens is 3. The molecule has 1 aliphatic rings. The summed E-state index contributed by atoms with van der Waals surface area (Å²) in [6.07, 6.45) is -3.02. The Balaban J connectivity index is 1.51. The summed E-state index contributed by atoms with van der Waals surface area (Å²) in [5.74, 6) is 0.0112. The fourth-order valence-corrected chi connectivity index (χ4v) is 2.70. The summed E-state index contributed by atoms with van der Waals surface area (Å²) in [7, 11) is 0. The monoisotopic (exact) mass is 397 g/mol. The van der Waals surface area contributed by atoms with Crippen LogP contribution in [0, 0.1) is 0 Å². The molecule has 1 N–H and O–H groups in total. The first-order chi connectivity index (χ1) is 13.3. The van der Waals surface area contributed by atoms with E-state index in [0.29, 0.717) is 31.9 Å². The number of carbonyl (C=O) groups excluding carboxylic acids is 2. The van der Waals surface area contributed by atoms with Crippen molar-refractivity contribution in [2.45, 2.75) is 6.18 Å². The Labute approximate surface area is 158 Å². The van der Waals surface area contributed by atoms with Crippen LogP contribution in [0.4, 0.5) is 23.7 Å². The molecular formula is C18H18F3N3O4. The van der Waals surface area contributed by atoms with Gasteiger partial charge >= 0.3 is 12.2 Å². The summed E-state index contributed by atoms with van der Waals surface area (Å²) in [5, 5.41) is 2.62. The van der Waals surface area contributed by atoms with Crippen LogP contribution in [0.15, 0.2) is 47.1 Å². The first-order valence-electron chi connectivity index (χ1n) is 8.50. The molecule has 2 heterocycles. The van der Waals surface area contributed by atoms with Crippen LogP contribution in [0.5, 0.6) is 5.75 Å². The van der Waals surface area contributed by atoms with Gasteiger partial charge in [-0.3, -0.25) is 4.79 Å². The summed E-state index contributed by atoms with van der Waals surface area (Å²) in [6.45, 7) is -0.0650. The normalized spacial score (nSPS) is 14.7. The number of rotatable bonds is 4. The van der Waals surface area contributed by atoms with Gasteiger partial charge in [0.05, 0.1) is 6.26 Å². The molecule has 0 radical (unpaired) electrons. The van der Waals surface area contributed by atoms with Crippen molar-refractivity contribution in [2.24, 2.45) is 0 Å². The molecule has 1 saturated heterocycles. The standard InChI is InChI=1S/C18H18F3N3O4/c19-18(20,21)12-28-14-4-1-3-13(11-14)22-17(26)24-8-6-23(7-9-24)16(25)15-5-2-10-27-15/h1-5,10-11H,6-9,12H2,(H,22,26). The van der Waals surface area contributed by atoms with E-state index in [1.54, 1.807) is 23.1 Å². The lowest BCUT2D eigenvalue weighted by molar-refractivity contribution is -0.153. The van der Waals surface area contributed by atoms with Crippen molar-refractivity contribution in [3.63, 3.8) is 0 Å². The number of alkyl halides is 3. The average Bonchev–Trinajstić information content (AvgIpc) is 3.20. The van der Waals surface area contributed by atoms with Gasteiger partial charge in [-0.15, -0.1) is 0 Å². The number of hydrogen-bond acceptors (Lipinski definition) is 4. The minimum absolute atomic E-state index is 0.00369. The lowest BCUT2D eigenvalue weighted by Gasteiger charge is -2.34. The van der Waals surface area contributed by atoms with E-state index in [9.17, 15) is 22.8 Å². The smallest absolute Gasteiger partial charge is 0.422 e. The van der Waals surface area contributed by atoms with Crippen molar-refractivity contribution in [3.05, 3.63) is 48.4 Å². The first kappa shape index (κ1) is 19.6. The van der Waals surface area contributed by atoms with Gasteiger partial charge in [-0.05, 0) is 24.3 Å². The molecule has 1 fully saturated rings. The Hall–Kier alpha value is -3.17. The SMILES string of the molecule is O=C(Nc1cccc(OCC(F)(F)F)c1)N1CCN(C(=O)c2ccco2)CC1. The van der Waals surface area contributed by atoms with Gasteiger partial charge in [0.25, 0.3) is 5.91 Å². The number of benzene rings is 1. The van der Waals surface area contributed by atoms with Crippen molar-refractivity contribution >= 4 is 17.6 Å². The number of amides is 3. The summed E-state index contributed by atoms with van der Waals surface area (Å²) in [5.41, 5.74) is 0.318. The number of carbonyl (C=O) groups is 2. The highest BCUT2D eigenvalue weighted by Crippen LogP contribution is 2.21. The topological polar surface area (TPSA) is 75.0 Å². The lowest BCUT2D eigenvalue weighted by atomic mass is 10.3. The highest BCUT2D eigenvalue weighted by molar-refractivity contribution is 5.92. The van der Waals surface area contributed by atoms with E-state index in [1.165, 1.54) is 29.4 Å². The third-order valence-corrected chi connectivity index (χ3v) is 4.07. The van der Waals surface area contributed by atoms with Crippen molar-refractivity contribution < 1.29 is 31.9 Å². The Bertz CT molecular complexity index is 816. The number of furan rings is 1. The van der Waals surface area contributed by atoms with Gasteiger partial charge in [-0.1, -0.05) is 6.07 Å². The number of ether oxygens (including phenoxy) is 1. The predicted octanol–water partition coefficient (Wildman–Crippen LogP) is 3.21. The van der Waals surface area contributed by atoms with Gasteiger partial charge in [0.1, 0.15) is 5.75 Å². The van der Waals surface area contributed by atoms with E-state index in [1.807, 2.05) is 0 Å². The van der Waals surface area contributed by atoms with Crippen LogP contribution in [-0.2, 0) is 0 Å². The molecule has 10 heteroatoms. The second kappa shape index (κ2) is 8.24. The molecule has 3 rings (SSSR count). The van der Waals surface area contributed by atoms with Crippen molar-refractivity contribution in [3.8, 4) is 5.75 Å². The maximum atomic E-state index is 12.4. The molecule has 1 aromatic carbocycles. The number of piperazine rings is 1. The lowest BCUT2D eigenvalue weighted by Crippen LogP contribution is -2.51. The van der Waals surface area contributed by atoms with Crippen LogP contribution in [0.3, 0.4) is 0 Å². The summed E-state index contributed by atoms with van der Waals surface area (Å²) < 4.78 is 46.5. The maximum Gasteiger partial charge on any atom is 0.422 e. The largest absolute Gasteiger partial charge is 0.484 e. The van der Waals surface area contributed by atoms with E-state index in [-0.39, 0.29) is 17.4 Å². The van der Waals surface area contributed by atoms with E-state index in [4.69, 9.17) is 4.42 Å². The molecule has 0 bridgehead atoms. The van der Waals surface area contributed by atoms with Crippen LogP contribution >= 0.6 is 0 Å². The first-order valence-corrected chi connectivity index (χ1v) is 8.50. The van der Waals surface area contributed by atoms with Gasteiger partial charge in [-0.25, -0.2) is 4.79 Å². The molecule has 3 amide bonds. The minimum atomic E-state index is -4.44. The molecule has 0 saturated carbocycles. The number of nitrogens with zero attached hydrogens (tertiary/aromatic N) is 2.